The summed E-state index contributed by atoms with van der Waals surface area (Å²) in [6.45, 7) is 2.24. The number of nitrogens with one attached hydrogen (secondary N) is 1. The highest BCUT2D eigenvalue weighted by atomic mass is 32.2. The van der Waals surface area contributed by atoms with E-state index in [0.29, 0.717) is 23.3 Å². The van der Waals surface area contributed by atoms with E-state index in [0.717, 1.165) is 0 Å². The van der Waals surface area contributed by atoms with Crippen LogP contribution in [0.3, 0.4) is 0 Å². The summed E-state index contributed by atoms with van der Waals surface area (Å²) in [5.74, 6) is -0.308. The van der Waals surface area contributed by atoms with Gasteiger partial charge in [0.05, 0.1) is 24.7 Å². The van der Waals surface area contributed by atoms with Crippen LogP contribution in [0.4, 0.5) is 5.69 Å². The number of para-hydroxylation sites is 1. The number of aromatic nitrogens is 3. The van der Waals surface area contributed by atoms with Crippen LogP contribution >= 0.6 is 0 Å². The molecule has 0 unspecified atom stereocenters. The van der Waals surface area contributed by atoms with Crippen LogP contribution in [0.5, 0.6) is 6.01 Å². The van der Waals surface area contributed by atoms with Crippen LogP contribution < -0.4 is 9.46 Å². The Morgan fingerprint density at radius 2 is 1.96 bits per heavy atom. The summed E-state index contributed by atoms with van der Waals surface area (Å²) in [6.07, 6.45) is 2.69. The van der Waals surface area contributed by atoms with Crippen molar-refractivity contribution in [1.82, 2.24) is 15.1 Å². The molecule has 8 nitrogen and oxygen atoms in total. The monoisotopic (exact) mass is 334 g/mol. The second kappa shape index (κ2) is 6.21. The van der Waals surface area contributed by atoms with Crippen molar-refractivity contribution < 1.29 is 17.7 Å². The van der Waals surface area contributed by atoms with Gasteiger partial charge in [0.1, 0.15) is 11.4 Å². The van der Waals surface area contributed by atoms with Crippen molar-refractivity contribution in [2.45, 2.75) is 12.7 Å². The number of hydrogen-bond donors (Lipinski definition) is 1. The molecule has 9 heteroatoms. The fourth-order valence-electron chi connectivity index (χ4n) is 2.01. The third kappa shape index (κ3) is 3.57. The molecule has 2 aromatic heterocycles. The van der Waals surface area contributed by atoms with E-state index in [-0.39, 0.29) is 17.5 Å². The summed E-state index contributed by atoms with van der Waals surface area (Å²) in [5.41, 5.74) is 1.14. The van der Waals surface area contributed by atoms with Crippen molar-refractivity contribution in [2.24, 2.45) is 0 Å². The average Bonchev–Trinajstić information content (AvgIpc) is 2.92. The largest absolute Gasteiger partial charge is 0.464 e. The quantitative estimate of drug-likeness (QED) is 0.734. The van der Waals surface area contributed by atoms with Crippen LogP contribution in [0.25, 0.3) is 11.0 Å². The summed E-state index contributed by atoms with van der Waals surface area (Å²) in [7, 11) is -3.67. The van der Waals surface area contributed by atoms with Gasteiger partial charge in [-0.25, -0.2) is 18.4 Å². The smallest absolute Gasteiger partial charge is 0.316 e. The van der Waals surface area contributed by atoms with Gasteiger partial charge < -0.3 is 9.26 Å². The zero-order valence-electron chi connectivity index (χ0n) is 12.3. The lowest BCUT2D eigenvalue weighted by Gasteiger charge is -2.06. The highest BCUT2D eigenvalue weighted by Crippen LogP contribution is 2.20. The molecule has 0 saturated heterocycles. The molecule has 0 atom stereocenters. The third-order valence-corrected chi connectivity index (χ3v) is 4.15. The Hall–Kier alpha value is -2.68. The minimum Gasteiger partial charge on any atom is -0.464 e. The van der Waals surface area contributed by atoms with Gasteiger partial charge in [-0.1, -0.05) is 17.3 Å². The first-order valence-electron chi connectivity index (χ1n) is 6.86. The van der Waals surface area contributed by atoms with Gasteiger partial charge in [0.25, 0.3) is 0 Å². The standard InChI is InChI=1S/C14H14N4O4S/c1-2-21-14-15-7-10(8-16-14)18-23(19,20)9-12-11-5-3-4-6-13(11)22-17-12/h3-8,18H,2,9H2,1H3. The molecule has 0 saturated carbocycles. The molecule has 0 spiro atoms. The third-order valence-electron chi connectivity index (χ3n) is 2.95. The maximum absolute atomic E-state index is 12.2. The Labute approximate surface area is 132 Å². The number of sulfonamides is 1. The van der Waals surface area contributed by atoms with Crippen molar-refractivity contribution in [3.8, 4) is 6.01 Å². The minimum absolute atomic E-state index is 0.193. The van der Waals surface area contributed by atoms with E-state index in [2.05, 4.69) is 19.8 Å². The van der Waals surface area contributed by atoms with Crippen LogP contribution in [0, 0.1) is 0 Å². The van der Waals surface area contributed by atoms with Crippen molar-refractivity contribution in [3.63, 3.8) is 0 Å². The number of rotatable bonds is 6. The highest BCUT2D eigenvalue weighted by molar-refractivity contribution is 7.91. The molecular formula is C14H14N4O4S. The number of fused-ring (bicyclic) bond motifs is 1. The SMILES string of the molecule is CCOc1ncc(NS(=O)(=O)Cc2noc3ccccc23)cn1. The molecule has 0 amide bonds. The van der Waals surface area contributed by atoms with Crippen molar-refractivity contribution in [3.05, 3.63) is 42.4 Å². The maximum Gasteiger partial charge on any atom is 0.316 e. The summed E-state index contributed by atoms with van der Waals surface area (Å²) in [4.78, 5) is 7.81. The van der Waals surface area contributed by atoms with E-state index in [1.165, 1.54) is 12.4 Å². The van der Waals surface area contributed by atoms with E-state index in [1.807, 2.05) is 6.92 Å². The summed E-state index contributed by atoms with van der Waals surface area (Å²) < 4.78 is 37.1. The number of ether oxygens (including phenoxy) is 1. The zero-order valence-corrected chi connectivity index (χ0v) is 13.1. The van der Waals surface area contributed by atoms with Crippen LogP contribution in [0.2, 0.25) is 0 Å². The van der Waals surface area contributed by atoms with Gasteiger partial charge in [0.15, 0.2) is 5.58 Å². The molecule has 1 aromatic carbocycles. The lowest BCUT2D eigenvalue weighted by molar-refractivity contribution is 0.312. The molecule has 23 heavy (non-hydrogen) atoms. The van der Waals surface area contributed by atoms with Crippen LogP contribution in [-0.4, -0.2) is 30.1 Å². The van der Waals surface area contributed by atoms with Crippen LogP contribution in [0.15, 0.2) is 41.2 Å². The zero-order chi connectivity index (χ0) is 16.3. The van der Waals surface area contributed by atoms with E-state index in [9.17, 15) is 8.42 Å². The number of nitrogens with zero attached hydrogens (tertiary/aromatic N) is 3. The van der Waals surface area contributed by atoms with Gasteiger partial charge in [-0.15, -0.1) is 0 Å². The predicted molar refractivity (Wildman–Crippen MR) is 83.5 cm³/mol. The van der Waals surface area contributed by atoms with Crippen LogP contribution in [0.1, 0.15) is 12.6 Å². The molecule has 3 aromatic rings. The van der Waals surface area contributed by atoms with Crippen molar-refractivity contribution >= 4 is 26.7 Å². The molecule has 0 radical (unpaired) electrons. The van der Waals surface area contributed by atoms with Crippen LogP contribution in [-0.2, 0) is 15.8 Å². The van der Waals surface area contributed by atoms with E-state index in [4.69, 9.17) is 9.26 Å². The molecule has 0 aliphatic rings. The lowest BCUT2D eigenvalue weighted by Crippen LogP contribution is -2.16. The first-order valence-corrected chi connectivity index (χ1v) is 8.51. The fourth-order valence-corrected chi connectivity index (χ4v) is 3.12. The highest BCUT2D eigenvalue weighted by Gasteiger charge is 2.18. The Morgan fingerprint density at radius 3 is 2.70 bits per heavy atom. The minimum atomic E-state index is -3.67. The number of anilines is 1. The molecule has 1 N–H and O–H groups in total. The predicted octanol–water partition coefficient (Wildman–Crippen LogP) is 1.96. The summed E-state index contributed by atoms with van der Waals surface area (Å²) >= 11 is 0. The van der Waals surface area contributed by atoms with E-state index < -0.39 is 10.0 Å². The van der Waals surface area contributed by atoms with E-state index >= 15 is 0 Å². The second-order valence-electron chi connectivity index (χ2n) is 4.67. The number of hydrogen-bond acceptors (Lipinski definition) is 7. The number of benzene rings is 1. The molecular weight excluding hydrogens is 320 g/mol. The molecule has 3 rings (SSSR count). The van der Waals surface area contributed by atoms with Crippen molar-refractivity contribution in [2.75, 3.05) is 11.3 Å². The summed E-state index contributed by atoms with van der Waals surface area (Å²) in [6, 6.07) is 7.27. The molecule has 0 bridgehead atoms. The normalized spacial score (nSPS) is 11.5. The maximum atomic E-state index is 12.2. The van der Waals surface area contributed by atoms with Gasteiger partial charge in [-0.3, -0.25) is 4.72 Å². The van der Waals surface area contributed by atoms with Gasteiger partial charge >= 0.3 is 6.01 Å². The first kappa shape index (κ1) is 15.2. The molecule has 120 valence electrons. The van der Waals surface area contributed by atoms with Gasteiger partial charge in [-0.2, -0.15) is 0 Å². The Morgan fingerprint density at radius 1 is 1.22 bits per heavy atom. The molecule has 0 aliphatic heterocycles. The molecule has 0 fully saturated rings. The topological polar surface area (TPSA) is 107 Å². The summed E-state index contributed by atoms with van der Waals surface area (Å²) in [5, 5.41) is 4.48. The molecule has 0 aliphatic carbocycles. The lowest BCUT2D eigenvalue weighted by atomic mass is 10.2. The van der Waals surface area contributed by atoms with Gasteiger partial charge in [-0.05, 0) is 19.1 Å². The Balaban J connectivity index is 1.76. The first-order chi connectivity index (χ1) is 11.1. The Bertz CT molecular complexity index is 906. The molecule has 2 heterocycles. The average molecular weight is 334 g/mol. The fraction of sp³-hybridized carbons (Fsp3) is 0.214. The van der Waals surface area contributed by atoms with E-state index in [1.54, 1.807) is 24.3 Å². The van der Waals surface area contributed by atoms with Gasteiger partial charge in [0, 0.05) is 5.39 Å². The second-order valence-corrected chi connectivity index (χ2v) is 6.40. The van der Waals surface area contributed by atoms with Gasteiger partial charge in [0.2, 0.25) is 10.0 Å². The Kier molecular flexibility index (Phi) is 4.11. The van der Waals surface area contributed by atoms with Crippen molar-refractivity contribution in [1.29, 1.82) is 0 Å².